The Morgan fingerprint density at radius 1 is 1.21 bits per heavy atom. The standard InChI is InChI=1S/C21H21NO5S/c1-3-26-19(23)13-28-21-17(12-22-14-8-10-15(25-2)11-9-14)20(24)16-6-4-5-7-18(16)27-21/h4-12,21-22H,3,13H2,1-2H3/b17-12-/t21-/m1/s1. The van der Waals surface area contributed by atoms with E-state index >= 15 is 0 Å². The predicted molar refractivity (Wildman–Crippen MR) is 109 cm³/mol. The number of ketones is 1. The number of esters is 1. The van der Waals surface area contributed by atoms with E-state index in [4.69, 9.17) is 14.2 Å². The summed E-state index contributed by atoms with van der Waals surface area (Å²) in [5.74, 6) is 0.866. The number of rotatable bonds is 7. The third-order valence-corrected chi connectivity index (χ3v) is 5.08. The molecule has 6 nitrogen and oxygen atoms in total. The Kier molecular flexibility index (Phi) is 6.60. The van der Waals surface area contributed by atoms with Crippen LogP contribution in [0.4, 0.5) is 5.69 Å². The van der Waals surface area contributed by atoms with E-state index in [-0.39, 0.29) is 17.5 Å². The average Bonchev–Trinajstić information content (AvgIpc) is 2.72. The van der Waals surface area contributed by atoms with Crippen LogP contribution in [0.5, 0.6) is 11.5 Å². The molecule has 1 N–H and O–H groups in total. The first-order valence-electron chi connectivity index (χ1n) is 8.80. The number of carbonyl (C=O) groups excluding carboxylic acids is 2. The second-order valence-electron chi connectivity index (χ2n) is 5.86. The molecule has 1 aliphatic heterocycles. The van der Waals surface area contributed by atoms with E-state index in [1.54, 1.807) is 38.4 Å². The summed E-state index contributed by atoms with van der Waals surface area (Å²) in [5.41, 5.74) is 1.12. The quantitative estimate of drug-likeness (QED) is 0.559. The van der Waals surface area contributed by atoms with Gasteiger partial charge in [0.25, 0.3) is 0 Å². The van der Waals surface area contributed by atoms with Crippen molar-refractivity contribution in [1.29, 1.82) is 0 Å². The summed E-state index contributed by atoms with van der Waals surface area (Å²) in [6.07, 6.45) is 1.63. The monoisotopic (exact) mass is 399 g/mol. The number of ether oxygens (including phenoxy) is 3. The van der Waals surface area contributed by atoms with Crippen molar-refractivity contribution in [2.45, 2.75) is 12.4 Å². The van der Waals surface area contributed by atoms with E-state index in [0.29, 0.717) is 23.5 Å². The van der Waals surface area contributed by atoms with Gasteiger partial charge in [-0.2, -0.15) is 0 Å². The fourth-order valence-corrected chi connectivity index (χ4v) is 3.55. The molecule has 2 aromatic rings. The van der Waals surface area contributed by atoms with Gasteiger partial charge in [0.05, 0.1) is 30.6 Å². The van der Waals surface area contributed by atoms with Gasteiger partial charge in [0, 0.05) is 11.9 Å². The Morgan fingerprint density at radius 3 is 2.68 bits per heavy atom. The molecule has 146 valence electrons. The number of thioether (sulfide) groups is 1. The van der Waals surface area contributed by atoms with Crippen LogP contribution in [0.15, 0.2) is 60.3 Å². The largest absolute Gasteiger partial charge is 0.497 e. The summed E-state index contributed by atoms with van der Waals surface area (Å²) in [7, 11) is 1.60. The molecule has 1 atom stereocenters. The van der Waals surface area contributed by atoms with Crippen LogP contribution >= 0.6 is 11.8 Å². The summed E-state index contributed by atoms with van der Waals surface area (Å²) in [5, 5.41) is 3.12. The number of para-hydroxylation sites is 1. The normalized spacial score (nSPS) is 16.9. The minimum Gasteiger partial charge on any atom is -0.497 e. The minimum absolute atomic E-state index is 0.0911. The van der Waals surface area contributed by atoms with Crippen molar-refractivity contribution < 1.29 is 23.8 Å². The number of hydrogen-bond acceptors (Lipinski definition) is 7. The Balaban J connectivity index is 1.82. The Hall–Kier alpha value is -2.93. The van der Waals surface area contributed by atoms with Gasteiger partial charge >= 0.3 is 5.97 Å². The van der Waals surface area contributed by atoms with Crippen molar-refractivity contribution >= 4 is 29.2 Å². The van der Waals surface area contributed by atoms with Crippen LogP contribution in [0.3, 0.4) is 0 Å². The second kappa shape index (κ2) is 9.32. The molecule has 0 aliphatic carbocycles. The first kappa shape index (κ1) is 19.8. The molecule has 0 spiro atoms. The maximum atomic E-state index is 13.0. The highest BCUT2D eigenvalue weighted by Crippen LogP contribution is 2.35. The third kappa shape index (κ3) is 4.67. The van der Waals surface area contributed by atoms with Gasteiger partial charge in [0.2, 0.25) is 0 Å². The minimum atomic E-state index is -0.613. The van der Waals surface area contributed by atoms with Crippen LogP contribution in [-0.4, -0.2) is 36.7 Å². The van der Waals surface area contributed by atoms with Gasteiger partial charge in [-0.05, 0) is 43.3 Å². The zero-order valence-corrected chi connectivity index (χ0v) is 16.5. The molecular formula is C21H21NO5S. The molecule has 7 heteroatoms. The van der Waals surface area contributed by atoms with Gasteiger partial charge in [-0.3, -0.25) is 9.59 Å². The van der Waals surface area contributed by atoms with Crippen LogP contribution in [0, 0.1) is 0 Å². The van der Waals surface area contributed by atoms with E-state index in [0.717, 1.165) is 11.4 Å². The molecule has 0 fully saturated rings. The highest BCUT2D eigenvalue weighted by Gasteiger charge is 2.32. The van der Waals surface area contributed by atoms with Gasteiger partial charge in [-0.1, -0.05) is 12.1 Å². The van der Waals surface area contributed by atoms with Crippen molar-refractivity contribution in [3.8, 4) is 11.5 Å². The van der Waals surface area contributed by atoms with Crippen molar-refractivity contribution in [2.75, 3.05) is 24.8 Å². The van der Waals surface area contributed by atoms with E-state index in [1.807, 2.05) is 30.3 Å². The number of benzene rings is 2. The SMILES string of the molecule is CCOC(=O)CS[C@H]1Oc2ccccc2C(=O)/C1=C/Nc1ccc(OC)cc1. The average molecular weight is 399 g/mol. The molecule has 2 aromatic carbocycles. The summed E-state index contributed by atoms with van der Waals surface area (Å²) in [6, 6.07) is 14.4. The smallest absolute Gasteiger partial charge is 0.316 e. The Bertz CT molecular complexity index is 879. The highest BCUT2D eigenvalue weighted by molar-refractivity contribution is 8.00. The second-order valence-corrected chi connectivity index (χ2v) is 6.91. The fraction of sp³-hybridized carbons (Fsp3) is 0.238. The third-order valence-electron chi connectivity index (χ3n) is 4.02. The lowest BCUT2D eigenvalue weighted by Gasteiger charge is -2.27. The summed E-state index contributed by atoms with van der Waals surface area (Å²) < 4.78 is 16.1. The molecule has 1 aliphatic rings. The zero-order chi connectivity index (χ0) is 19.9. The molecule has 0 aromatic heterocycles. The van der Waals surface area contributed by atoms with E-state index in [2.05, 4.69) is 5.32 Å². The molecule has 1 heterocycles. The van der Waals surface area contributed by atoms with Gasteiger partial charge in [0.15, 0.2) is 11.2 Å². The van der Waals surface area contributed by atoms with Gasteiger partial charge < -0.3 is 19.5 Å². The molecule has 0 bridgehead atoms. The molecule has 0 radical (unpaired) electrons. The van der Waals surface area contributed by atoms with Gasteiger partial charge in [-0.25, -0.2) is 0 Å². The number of nitrogens with one attached hydrogen (secondary N) is 1. The lowest BCUT2D eigenvalue weighted by atomic mass is 10.0. The first-order valence-corrected chi connectivity index (χ1v) is 9.85. The fourth-order valence-electron chi connectivity index (χ4n) is 2.65. The van der Waals surface area contributed by atoms with Crippen molar-refractivity contribution in [3.63, 3.8) is 0 Å². The number of anilines is 1. The van der Waals surface area contributed by atoms with Crippen LogP contribution in [-0.2, 0) is 9.53 Å². The summed E-state index contributed by atoms with van der Waals surface area (Å²) >= 11 is 1.22. The molecule has 0 saturated carbocycles. The van der Waals surface area contributed by atoms with Gasteiger partial charge in [0.1, 0.15) is 11.5 Å². The first-order chi connectivity index (χ1) is 13.6. The van der Waals surface area contributed by atoms with E-state index in [1.165, 1.54) is 11.8 Å². The summed E-state index contributed by atoms with van der Waals surface area (Å²) in [4.78, 5) is 24.7. The topological polar surface area (TPSA) is 73.9 Å². The number of carbonyl (C=O) groups is 2. The maximum Gasteiger partial charge on any atom is 0.316 e. The van der Waals surface area contributed by atoms with Crippen molar-refractivity contribution in [2.24, 2.45) is 0 Å². The zero-order valence-electron chi connectivity index (χ0n) is 15.6. The molecular weight excluding hydrogens is 378 g/mol. The number of methoxy groups -OCH3 is 1. The molecule has 3 rings (SSSR count). The maximum absolute atomic E-state index is 13.0. The van der Waals surface area contributed by atoms with Crippen LogP contribution in [0.1, 0.15) is 17.3 Å². The van der Waals surface area contributed by atoms with Gasteiger partial charge in [-0.15, -0.1) is 11.8 Å². The lowest BCUT2D eigenvalue weighted by molar-refractivity contribution is -0.139. The van der Waals surface area contributed by atoms with Crippen LogP contribution < -0.4 is 14.8 Å². The Morgan fingerprint density at radius 2 is 1.96 bits per heavy atom. The number of Topliss-reactive ketones (excluding diaryl/α,β-unsaturated/α-hetero) is 1. The number of hydrogen-bond donors (Lipinski definition) is 1. The summed E-state index contributed by atoms with van der Waals surface area (Å²) in [6.45, 7) is 2.07. The molecule has 0 saturated heterocycles. The van der Waals surface area contributed by atoms with E-state index in [9.17, 15) is 9.59 Å². The molecule has 28 heavy (non-hydrogen) atoms. The van der Waals surface area contributed by atoms with E-state index < -0.39 is 5.44 Å². The molecule has 0 unspecified atom stereocenters. The lowest BCUT2D eigenvalue weighted by Crippen LogP contribution is -2.29. The van der Waals surface area contributed by atoms with Crippen molar-refractivity contribution in [3.05, 3.63) is 65.9 Å². The van der Waals surface area contributed by atoms with Crippen LogP contribution in [0.2, 0.25) is 0 Å². The number of fused-ring (bicyclic) bond motifs is 1. The Labute approximate surface area is 167 Å². The van der Waals surface area contributed by atoms with Crippen LogP contribution in [0.25, 0.3) is 0 Å². The highest BCUT2D eigenvalue weighted by atomic mass is 32.2. The predicted octanol–water partition coefficient (Wildman–Crippen LogP) is 3.89. The van der Waals surface area contributed by atoms with Crippen molar-refractivity contribution in [1.82, 2.24) is 0 Å². The molecule has 0 amide bonds.